The summed E-state index contributed by atoms with van der Waals surface area (Å²) in [5.41, 5.74) is -0.562. The van der Waals surface area contributed by atoms with Crippen molar-refractivity contribution in [3.63, 3.8) is 0 Å². The van der Waals surface area contributed by atoms with Gasteiger partial charge >= 0.3 is 5.69 Å². The molecule has 162 valence electrons. The van der Waals surface area contributed by atoms with Crippen molar-refractivity contribution in [1.82, 2.24) is 9.78 Å². The Bertz CT molecular complexity index is 1290. The molecule has 0 saturated carbocycles. The van der Waals surface area contributed by atoms with Crippen LogP contribution in [-0.4, -0.2) is 36.1 Å². The molecule has 0 aliphatic heterocycles. The summed E-state index contributed by atoms with van der Waals surface area (Å²) in [4.78, 5) is 23.2. The molecule has 0 saturated heterocycles. The third kappa shape index (κ3) is 4.37. The Kier molecular flexibility index (Phi) is 6.00. The van der Waals surface area contributed by atoms with Crippen LogP contribution in [0, 0.1) is 17.0 Å². The van der Waals surface area contributed by atoms with Gasteiger partial charge in [0.1, 0.15) is 11.4 Å². The number of hydrogen-bond acceptors (Lipinski definition) is 7. The molecule has 12 heteroatoms. The molecule has 1 N–H and O–H groups in total. The highest BCUT2D eigenvalue weighted by molar-refractivity contribution is 7.91. The van der Waals surface area contributed by atoms with Crippen molar-refractivity contribution in [2.45, 2.75) is 16.7 Å². The number of nitro groups is 1. The maximum absolute atomic E-state index is 13.0. The van der Waals surface area contributed by atoms with Crippen LogP contribution >= 0.6 is 11.6 Å². The van der Waals surface area contributed by atoms with Gasteiger partial charge in [0.15, 0.2) is 0 Å². The number of aromatic nitrogens is 2. The average molecular weight is 465 g/mol. The maximum atomic E-state index is 13.0. The quantitative estimate of drug-likeness (QED) is 0.436. The second-order valence-electron chi connectivity index (χ2n) is 6.47. The predicted molar refractivity (Wildman–Crippen MR) is 112 cm³/mol. The van der Waals surface area contributed by atoms with Crippen molar-refractivity contribution < 1.29 is 22.9 Å². The van der Waals surface area contributed by atoms with Crippen molar-refractivity contribution in [3.05, 3.63) is 69.0 Å². The number of hydrogen-bond donors (Lipinski definition) is 1. The fraction of sp³-hybridized carbons (Fsp3) is 0.158. The first-order valence-corrected chi connectivity index (χ1v) is 10.6. The molecule has 0 aliphatic carbocycles. The average Bonchev–Trinajstić information content (AvgIpc) is 3.03. The lowest BCUT2D eigenvalue weighted by Gasteiger charge is -2.11. The van der Waals surface area contributed by atoms with Crippen LogP contribution in [-0.2, 0) is 16.9 Å². The van der Waals surface area contributed by atoms with E-state index >= 15 is 0 Å². The fourth-order valence-electron chi connectivity index (χ4n) is 2.83. The molecule has 3 rings (SSSR count). The van der Waals surface area contributed by atoms with Crippen molar-refractivity contribution in [3.8, 4) is 5.75 Å². The second-order valence-corrected chi connectivity index (χ2v) is 8.86. The van der Waals surface area contributed by atoms with Crippen LogP contribution < -0.4 is 10.1 Å². The Hall–Kier alpha value is -3.44. The molecule has 31 heavy (non-hydrogen) atoms. The van der Waals surface area contributed by atoms with E-state index in [9.17, 15) is 23.3 Å². The number of anilines is 1. The van der Waals surface area contributed by atoms with Gasteiger partial charge in [-0.3, -0.25) is 19.6 Å². The van der Waals surface area contributed by atoms with Crippen LogP contribution in [0.4, 0.5) is 11.4 Å². The lowest BCUT2D eigenvalue weighted by molar-refractivity contribution is -0.385. The summed E-state index contributed by atoms with van der Waals surface area (Å²) in [6, 6.07) is 9.52. The Morgan fingerprint density at radius 2 is 1.84 bits per heavy atom. The van der Waals surface area contributed by atoms with Gasteiger partial charge in [-0.25, -0.2) is 8.42 Å². The normalized spacial score (nSPS) is 11.2. The van der Waals surface area contributed by atoms with Gasteiger partial charge < -0.3 is 10.1 Å². The van der Waals surface area contributed by atoms with Gasteiger partial charge in [-0.1, -0.05) is 11.6 Å². The van der Waals surface area contributed by atoms with E-state index < -0.39 is 32.0 Å². The first kappa shape index (κ1) is 22.2. The van der Waals surface area contributed by atoms with Crippen molar-refractivity contribution in [1.29, 1.82) is 0 Å². The zero-order valence-electron chi connectivity index (χ0n) is 16.6. The van der Waals surface area contributed by atoms with Crippen molar-refractivity contribution in [2.24, 2.45) is 7.05 Å². The lowest BCUT2D eigenvalue weighted by atomic mass is 10.2. The fourth-order valence-corrected chi connectivity index (χ4v) is 4.27. The monoisotopic (exact) mass is 464 g/mol. The Labute approximate surface area is 182 Å². The largest absolute Gasteiger partial charge is 0.497 e. The SMILES string of the molecule is COc1cc(NC(=O)c2nn(C)c(C)c2[N+](=O)[O-])cc(S(=O)(=O)c2ccc(Cl)cc2)c1. The minimum absolute atomic E-state index is 0.00146. The van der Waals surface area contributed by atoms with Crippen LogP contribution in [0.3, 0.4) is 0 Å². The third-order valence-corrected chi connectivity index (χ3v) is 6.51. The summed E-state index contributed by atoms with van der Waals surface area (Å²) in [6.45, 7) is 1.46. The number of ether oxygens (including phenoxy) is 1. The molecular formula is C19H17ClN4O6S. The number of halogens is 1. The Morgan fingerprint density at radius 1 is 1.19 bits per heavy atom. The number of nitrogens with zero attached hydrogens (tertiary/aromatic N) is 3. The van der Waals surface area contributed by atoms with Crippen LogP contribution in [0.15, 0.2) is 52.3 Å². The number of amides is 1. The minimum Gasteiger partial charge on any atom is -0.497 e. The lowest BCUT2D eigenvalue weighted by Crippen LogP contribution is -2.15. The summed E-state index contributed by atoms with van der Waals surface area (Å²) in [5, 5.41) is 18.1. The molecule has 1 aromatic heterocycles. The molecule has 1 heterocycles. The number of methoxy groups -OCH3 is 1. The van der Waals surface area contributed by atoms with Gasteiger partial charge in [-0.15, -0.1) is 0 Å². The number of carbonyl (C=O) groups is 1. The van der Waals surface area contributed by atoms with E-state index in [4.69, 9.17) is 16.3 Å². The highest BCUT2D eigenvalue weighted by Gasteiger charge is 2.29. The van der Waals surface area contributed by atoms with E-state index in [2.05, 4.69) is 10.4 Å². The van der Waals surface area contributed by atoms with Gasteiger partial charge in [-0.05, 0) is 43.3 Å². The highest BCUT2D eigenvalue weighted by Crippen LogP contribution is 2.30. The zero-order valence-corrected chi connectivity index (χ0v) is 18.2. The van der Waals surface area contributed by atoms with E-state index in [-0.39, 0.29) is 26.9 Å². The Morgan fingerprint density at radius 3 is 2.42 bits per heavy atom. The molecule has 10 nitrogen and oxygen atoms in total. The maximum Gasteiger partial charge on any atom is 0.322 e. The molecule has 3 aromatic rings. The van der Waals surface area contributed by atoms with Crippen LogP contribution in [0.5, 0.6) is 5.75 Å². The van der Waals surface area contributed by atoms with Crippen LogP contribution in [0.25, 0.3) is 0 Å². The van der Waals surface area contributed by atoms with E-state index in [1.165, 1.54) is 68.2 Å². The molecule has 0 unspecified atom stereocenters. The van der Waals surface area contributed by atoms with Gasteiger partial charge in [0.2, 0.25) is 15.5 Å². The summed E-state index contributed by atoms with van der Waals surface area (Å²) >= 11 is 5.83. The molecule has 0 bridgehead atoms. The summed E-state index contributed by atoms with van der Waals surface area (Å²) in [6.07, 6.45) is 0. The van der Waals surface area contributed by atoms with Gasteiger partial charge in [0.25, 0.3) is 5.91 Å². The Balaban J connectivity index is 2.02. The first-order chi connectivity index (χ1) is 14.5. The number of rotatable bonds is 6. The summed E-state index contributed by atoms with van der Waals surface area (Å²) < 4.78 is 32.4. The second kappa shape index (κ2) is 8.36. The number of nitrogens with one attached hydrogen (secondary N) is 1. The number of sulfone groups is 1. The number of carbonyl (C=O) groups excluding carboxylic acids is 1. The smallest absolute Gasteiger partial charge is 0.322 e. The van der Waals surface area contributed by atoms with Gasteiger partial charge in [0.05, 0.1) is 21.8 Å². The van der Waals surface area contributed by atoms with Crippen molar-refractivity contribution >= 4 is 38.7 Å². The van der Waals surface area contributed by atoms with Crippen LogP contribution in [0.1, 0.15) is 16.2 Å². The topological polar surface area (TPSA) is 133 Å². The van der Waals surface area contributed by atoms with E-state index in [1.54, 1.807) is 0 Å². The van der Waals surface area contributed by atoms with Gasteiger partial charge in [-0.2, -0.15) is 5.10 Å². The molecule has 0 radical (unpaired) electrons. The zero-order chi connectivity index (χ0) is 22.9. The molecule has 0 atom stereocenters. The van der Waals surface area contributed by atoms with Gasteiger partial charge in [0, 0.05) is 23.8 Å². The third-order valence-electron chi connectivity index (χ3n) is 4.51. The summed E-state index contributed by atoms with van der Waals surface area (Å²) in [7, 11) is -1.14. The van der Waals surface area contributed by atoms with E-state index in [0.29, 0.717) is 5.02 Å². The van der Waals surface area contributed by atoms with Crippen LogP contribution in [0.2, 0.25) is 5.02 Å². The molecule has 1 amide bonds. The molecule has 2 aromatic carbocycles. The highest BCUT2D eigenvalue weighted by atomic mass is 35.5. The predicted octanol–water partition coefficient (Wildman–Crippen LogP) is 3.38. The standard InChI is InChI=1S/C19H17ClN4O6S/c1-11-18(24(26)27)17(22-23(11)2)19(25)21-13-8-14(30-3)10-16(9-13)31(28,29)15-6-4-12(20)5-7-15/h4-10H,1-3H3,(H,21,25). The summed E-state index contributed by atoms with van der Waals surface area (Å²) in [5.74, 6) is -0.699. The first-order valence-electron chi connectivity index (χ1n) is 8.73. The van der Waals surface area contributed by atoms with E-state index in [0.717, 1.165) is 0 Å². The van der Waals surface area contributed by atoms with Crippen molar-refractivity contribution in [2.75, 3.05) is 12.4 Å². The molecule has 0 spiro atoms. The molecule has 0 fully saturated rings. The molecule has 0 aliphatic rings. The number of benzene rings is 2. The van der Waals surface area contributed by atoms with E-state index in [1.807, 2.05) is 0 Å². The number of aryl methyl sites for hydroxylation is 1. The minimum atomic E-state index is -3.95. The molecular weight excluding hydrogens is 448 g/mol.